The van der Waals surface area contributed by atoms with Crippen LogP contribution < -0.4 is 10.2 Å². The molecule has 2 aromatic rings. The molecule has 0 amide bonds. The Labute approximate surface area is 273 Å². The third kappa shape index (κ3) is 10.9. The molecule has 0 radical (unpaired) electrons. The minimum atomic E-state index is -4.81. The van der Waals surface area contributed by atoms with E-state index < -0.39 is 56.4 Å². The molecule has 10 nitrogen and oxygen atoms in total. The van der Waals surface area contributed by atoms with Gasteiger partial charge in [0.1, 0.15) is 10.1 Å². The van der Waals surface area contributed by atoms with Crippen LogP contribution in [0.25, 0.3) is 0 Å². The molecule has 2 heterocycles. The lowest BCUT2D eigenvalue weighted by molar-refractivity contribution is -0.300. The molecule has 0 saturated carbocycles. The van der Waals surface area contributed by atoms with Gasteiger partial charge in [0.05, 0.1) is 35.6 Å². The van der Waals surface area contributed by atoms with Gasteiger partial charge < -0.3 is 34.0 Å². The molecule has 2 aromatic carbocycles. The lowest BCUT2D eigenvalue weighted by Crippen LogP contribution is -2.45. The van der Waals surface area contributed by atoms with Crippen LogP contribution in [0.4, 0.5) is 13.2 Å². The summed E-state index contributed by atoms with van der Waals surface area (Å²) in [5.41, 5.74) is -1.40. The Hall–Kier alpha value is -3.72. The number of aryl methyl sites for hydroxylation is 1. The molecule has 14 heteroatoms. The zero-order valence-corrected chi connectivity index (χ0v) is 27.9. The van der Waals surface area contributed by atoms with Crippen molar-refractivity contribution in [1.82, 2.24) is 9.80 Å². The van der Waals surface area contributed by atoms with Crippen molar-refractivity contribution >= 4 is 22.1 Å². The number of unbranched alkanes of at least 4 members (excludes halogenated alkanes) is 1. The zero-order valence-electron chi connectivity index (χ0n) is 27.1. The molecule has 0 bridgehead atoms. The molecule has 0 atom stereocenters. The third-order valence-electron chi connectivity index (χ3n) is 7.74. The Morgan fingerprint density at radius 2 is 1.34 bits per heavy atom. The predicted octanol–water partition coefficient (Wildman–Crippen LogP) is 3.19. The molecule has 2 aliphatic rings. The second-order valence-corrected chi connectivity index (χ2v) is 12.3. The second kappa shape index (κ2) is 17.4. The Morgan fingerprint density at radius 3 is 1.77 bits per heavy atom. The lowest BCUT2D eigenvalue weighted by atomic mass is 9.78. The second-order valence-electron chi connectivity index (χ2n) is 11.0. The predicted molar refractivity (Wildman–Crippen MR) is 163 cm³/mol. The van der Waals surface area contributed by atoms with Crippen molar-refractivity contribution < 1.29 is 50.7 Å². The van der Waals surface area contributed by atoms with Crippen molar-refractivity contribution in [2.75, 3.05) is 39.4 Å². The summed E-state index contributed by atoms with van der Waals surface area (Å²) in [6.45, 7) is 12.3. The number of carboxylic acid groups (broad SMARTS) is 2. The van der Waals surface area contributed by atoms with Gasteiger partial charge in [0.2, 0.25) is 0 Å². The maximum Gasteiger partial charge on any atom is 0.416 e. The van der Waals surface area contributed by atoms with Gasteiger partial charge in [-0.1, -0.05) is 62.6 Å². The van der Waals surface area contributed by atoms with E-state index in [-0.39, 0.29) is 22.8 Å². The van der Waals surface area contributed by atoms with E-state index in [2.05, 4.69) is 18.7 Å². The molecule has 47 heavy (non-hydrogen) atoms. The Bertz CT molecular complexity index is 1510. The number of benzene rings is 2. The number of hydrogen-bond acceptors (Lipinski definition) is 10. The van der Waals surface area contributed by atoms with E-state index in [0.29, 0.717) is 32.8 Å². The van der Waals surface area contributed by atoms with E-state index in [0.717, 1.165) is 23.8 Å². The quantitative estimate of drug-likeness (QED) is 0.380. The number of nitrogens with zero attached hydrogens (tertiary/aromatic N) is 2. The Morgan fingerprint density at radius 1 is 0.851 bits per heavy atom. The SMILES string of the molecule is CC1=C(C(=O)[O-])C(c2ccccc2C(F)(F)F)C(C(=O)[O-])=C(C)N1CCN1CCOCC1.CCCC.Cc1ccc(S(=O)(=O)[O-])cc1. The normalized spacial score (nSPS) is 16.2. The van der Waals surface area contributed by atoms with Crippen molar-refractivity contribution in [2.45, 2.75) is 64.5 Å². The number of carbonyl (C=O) groups excluding carboxylic acids is 2. The molecule has 0 aromatic heterocycles. The fourth-order valence-electron chi connectivity index (χ4n) is 5.06. The van der Waals surface area contributed by atoms with Crippen molar-refractivity contribution in [3.63, 3.8) is 0 Å². The van der Waals surface area contributed by atoms with Crippen molar-refractivity contribution in [3.05, 3.63) is 87.8 Å². The van der Waals surface area contributed by atoms with Gasteiger partial charge in [0.25, 0.3) is 0 Å². The van der Waals surface area contributed by atoms with Crippen LogP contribution >= 0.6 is 0 Å². The fourth-order valence-corrected chi connectivity index (χ4v) is 5.53. The Kier molecular flexibility index (Phi) is 14.6. The highest BCUT2D eigenvalue weighted by atomic mass is 32.2. The van der Waals surface area contributed by atoms with Crippen LogP contribution in [0.3, 0.4) is 0 Å². The largest absolute Gasteiger partial charge is 0.744 e. The van der Waals surface area contributed by atoms with Crippen LogP contribution in [-0.4, -0.2) is 74.1 Å². The topological polar surface area (TPSA) is 153 Å². The number of ether oxygens (including phenoxy) is 1. The molecule has 0 unspecified atom stereocenters. The number of halogens is 3. The first-order valence-electron chi connectivity index (χ1n) is 15.1. The highest BCUT2D eigenvalue weighted by Crippen LogP contribution is 2.45. The van der Waals surface area contributed by atoms with Gasteiger partial charge in [-0.05, 0) is 44.5 Å². The summed E-state index contributed by atoms with van der Waals surface area (Å²) in [5.74, 6) is -5.14. The van der Waals surface area contributed by atoms with Gasteiger partial charge >= 0.3 is 6.18 Å². The number of carbonyl (C=O) groups is 2. The third-order valence-corrected chi connectivity index (χ3v) is 8.59. The van der Waals surface area contributed by atoms with Crippen LogP contribution in [0.15, 0.2) is 76.0 Å². The van der Waals surface area contributed by atoms with E-state index in [4.69, 9.17) is 4.74 Å². The average Bonchev–Trinajstić information content (AvgIpc) is 3.00. The number of aliphatic carboxylic acids is 2. The number of alkyl halides is 3. The van der Waals surface area contributed by atoms with Crippen molar-refractivity contribution in [3.8, 4) is 0 Å². The van der Waals surface area contributed by atoms with E-state index in [1.807, 2.05) is 6.92 Å². The van der Waals surface area contributed by atoms with Gasteiger partial charge in [0.15, 0.2) is 0 Å². The minimum Gasteiger partial charge on any atom is -0.744 e. The highest BCUT2D eigenvalue weighted by molar-refractivity contribution is 7.85. The van der Waals surface area contributed by atoms with Gasteiger partial charge in [0, 0.05) is 54.6 Å². The molecule has 0 N–H and O–H groups in total. The molecule has 2 aliphatic heterocycles. The molecular weight excluding hydrogens is 641 g/mol. The standard InChI is InChI=1S/C22H25F3N2O5.C7H8O3S.C4H10/c1-13-17(20(28)29)19(15-5-3-4-6-16(15)22(23,24)25)18(21(30)31)14(2)27(13)8-7-26-9-11-32-12-10-26;1-6-2-4-7(5-3-6)11(8,9)10;1-3-4-2/h3-6,19H,7-12H2,1-2H3,(H,28,29)(H,30,31);2-5H,1H3,(H,8,9,10);3-4H2,1-2H3/p-3. The number of hydrogen-bond donors (Lipinski definition) is 0. The summed E-state index contributed by atoms with van der Waals surface area (Å²) in [5, 5.41) is 24.2. The van der Waals surface area contributed by atoms with Gasteiger partial charge in [-0.2, -0.15) is 13.2 Å². The van der Waals surface area contributed by atoms with Crippen molar-refractivity contribution in [2.24, 2.45) is 0 Å². The number of allylic oxidation sites excluding steroid dienone is 2. The first kappa shape index (κ1) is 39.5. The maximum atomic E-state index is 13.7. The Balaban J connectivity index is 0.000000423. The summed E-state index contributed by atoms with van der Waals surface area (Å²) in [4.78, 5) is 27.6. The van der Waals surface area contributed by atoms with Crippen LogP contribution in [-0.2, 0) is 30.6 Å². The van der Waals surface area contributed by atoms with E-state index in [1.165, 1.54) is 49.8 Å². The number of rotatable bonds is 8. The van der Waals surface area contributed by atoms with Gasteiger partial charge in [-0.25, -0.2) is 8.42 Å². The van der Waals surface area contributed by atoms with E-state index >= 15 is 0 Å². The smallest absolute Gasteiger partial charge is 0.416 e. The first-order chi connectivity index (χ1) is 21.9. The first-order valence-corrected chi connectivity index (χ1v) is 16.5. The summed E-state index contributed by atoms with van der Waals surface area (Å²) in [7, 11) is -4.27. The number of morpholine rings is 1. The lowest BCUT2D eigenvalue weighted by Gasteiger charge is -2.41. The summed E-state index contributed by atoms with van der Waals surface area (Å²) in [6.07, 6.45) is -2.17. The van der Waals surface area contributed by atoms with Crippen LogP contribution in [0.2, 0.25) is 0 Å². The highest BCUT2D eigenvalue weighted by Gasteiger charge is 2.40. The maximum absolute atomic E-state index is 13.7. The van der Waals surface area contributed by atoms with E-state index in [1.54, 1.807) is 12.1 Å². The number of carboxylic acids is 2. The molecule has 1 fully saturated rings. The molecule has 0 spiro atoms. The molecular formula is C33H40F3N2O8S-3. The molecule has 4 rings (SSSR count). The van der Waals surface area contributed by atoms with Crippen LogP contribution in [0.5, 0.6) is 0 Å². The average molecular weight is 682 g/mol. The summed E-state index contributed by atoms with van der Waals surface area (Å²) in [6, 6.07) is 10.1. The van der Waals surface area contributed by atoms with Crippen molar-refractivity contribution in [1.29, 1.82) is 0 Å². The molecule has 1 saturated heterocycles. The van der Waals surface area contributed by atoms with Crippen LogP contribution in [0.1, 0.15) is 63.1 Å². The fraction of sp³-hybridized carbons (Fsp3) is 0.455. The van der Waals surface area contributed by atoms with E-state index in [9.17, 15) is 45.9 Å². The summed E-state index contributed by atoms with van der Waals surface area (Å²) < 4.78 is 77.5. The minimum absolute atomic E-state index is 0.141. The van der Waals surface area contributed by atoms with Crippen LogP contribution in [0, 0.1) is 6.92 Å². The molecule has 260 valence electrons. The molecule has 0 aliphatic carbocycles. The zero-order chi connectivity index (χ0) is 35.5. The van der Waals surface area contributed by atoms with Gasteiger partial charge in [-0.3, -0.25) is 4.90 Å². The van der Waals surface area contributed by atoms with Gasteiger partial charge in [-0.15, -0.1) is 0 Å². The monoisotopic (exact) mass is 681 g/mol. The summed E-state index contributed by atoms with van der Waals surface area (Å²) >= 11 is 0.